The van der Waals surface area contributed by atoms with Crippen LogP contribution in [0.1, 0.15) is 5.56 Å². The van der Waals surface area contributed by atoms with Crippen LogP contribution in [0.25, 0.3) is 0 Å². The summed E-state index contributed by atoms with van der Waals surface area (Å²) >= 11 is 1.31. The summed E-state index contributed by atoms with van der Waals surface area (Å²) in [7, 11) is 0. The molecule has 1 amide bonds. The number of amides is 1. The summed E-state index contributed by atoms with van der Waals surface area (Å²) in [5.74, 6) is -3.34. The van der Waals surface area contributed by atoms with E-state index in [1.54, 1.807) is 0 Å². The highest BCUT2D eigenvalue weighted by Crippen LogP contribution is 2.40. The number of thioether (sulfide) groups is 1. The molecule has 0 spiro atoms. The normalized spacial score (nSPS) is 23.6. The van der Waals surface area contributed by atoms with Crippen LogP contribution in [-0.4, -0.2) is 49.3 Å². The number of hydrogen-bond donors (Lipinski definition) is 4. The summed E-state index contributed by atoms with van der Waals surface area (Å²) in [6, 6.07) is 1.07. The molecule has 1 fully saturated rings. The molecule has 7 nitrogen and oxygen atoms in total. The third-order valence-corrected chi connectivity index (χ3v) is 5.20. The van der Waals surface area contributed by atoms with E-state index in [0.717, 1.165) is 17.0 Å². The fourth-order valence-electron chi connectivity index (χ4n) is 2.68. The molecule has 0 radical (unpaired) electrons. The number of benzene rings is 1. The van der Waals surface area contributed by atoms with E-state index in [2.05, 4.69) is 0 Å². The monoisotopic (exact) mass is 340 g/mol. The Kier molecular flexibility index (Phi) is 3.69. The van der Waals surface area contributed by atoms with Crippen molar-refractivity contribution in [3.63, 3.8) is 0 Å². The highest BCUT2D eigenvalue weighted by Gasteiger charge is 2.51. The van der Waals surface area contributed by atoms with Crippen molar-refractivity contribution in [3.8, 4) is 11.5 Å². The van der Waals surface area contributed by atoms with E-state index in [1.165, 1.54) is 11.8 Å². The van der Waals surface area contributed by atoms with Gasteiger partial charge in [-0.25, -0.2) is 9.18 Å². The van der Waals surface area contributed by atoms with Crippen molar-refractivity contribution in [3.05, 3.63) is 34.8 Å². The first-order valence-electron chi connectivity index (χ1n) is 6.67. The van der Waals surface area contributed by atoms with Gasteiger partial charge in [-0.3, -0.25) is 9.69 Å². The van der Waals surface area contributed by atoms with Crippen LogP contribution in [0.4, 0.5) is 4.39 Å². The lowest BCUT2D eigenvalue weighted by molar-refractivity contribution is -0.148. The van der Waals surface area contributed by atoms with Crippen LogP contribution in [0.3, 0.4) is 0 Å². The lowest BCUT2D eigenvalue weighted by Crippen LogP contribution is -2.68. The smallest absolute Gasteiger partial charge is 0.352 e. The number of phenols is 2. The molecule has 23 heavy (non-hydrogen) atoms. The molecule has 0 saturated carbocycles. The number of nitrogens with zero attached hydrogens (tertiary/aromatic N) is 1. The number of carboxylic acid groups (broad SMARTS) is 1. The molecule has 122 valence electrons. The summed E-state index contributed by atoms with van der Waals surface area (Å²) in [6.07, 6.45) is -0.0972. The van der Waals surface area contributed by atoms with Crippen LogP contribution >= 0.6 is 11.8 Å². The Morgan fingerprint density at radius 3 is 2.70 bits per heavy atom. The third-order valence-electron chi connectivity index (χ3n) is 3.84. The van der Waals surface area contributed by atoms with Crippen molar-refractivity contribution >= 4 is 23.6 Å². The minimum atomic E-state index is -1.28. The fraction of sp³-hybridized carbons (Fsp3) is 0.286. The number of carbonyl (C=O) groups is 2. The van der Waals surface area contributed by atoms with Gasteiger partial charge < -0.3 is 21.1 Å². The zero-order chi connectivity index (χ0) is 16.9. The first kappa shape index (κ1) is 15.6. The number of nitrogens with two attached hydrogens (primary N) is 1. The highest BCUT2D eigenvalue weighted by atomic mass is 32.2. The van der Waals surface area contributed by atoms with Gasteiger partial charge in [-0.05, 0) is 23.6 Å². The van der Waals surface area contributed by atoms with E-state index in [9.17, 15) is 29.3 Å². The summed E-state index contributed by atoms with van der Waals surface area (Å²) in [4.78, 5) is 24.5. The van der Waals surface area contributed by atoms with Crippen LogP contribution in [0.5, 0.6) is 11.5 Å². The van der Waals surface area contributed by atoms with Gasteiger partial charge in [-0.15, -0.1) is 11.8 Å². The fourth-order valence-corrected chi connectivity index (χ4v) is 3.97. The number of halogens is 1. The van der Waals surface area contributed by atoms with E-state index < -0.39 is 40.6 Å². The maximum absolute atomic E-state index is 13.9. The van der Waals surface area contributed by atoms with Gasteiger partial charge in [0.1, 0.15) is 22.9 Å². The van der Waals surface area contributed by atoms with E-state index in [0.29, 0.717) is 5.57 Å². The number of carboxylic acids is 1. The van der Waals surface area contributed by atoms with Crippen LogP contribution in [0.15, 0.2) is 23.4 Å². The molecule has 1 unspecified atom stereocenters. The molecule has 1 aromatic rings. The van der Waals surface area contributed by atoms with Crippen LogP contribution < -0.4 is 5.73 Å². The van der Waals surface area contributed by atoms with Gasteiger partial charge in [-0.2, -0.15) is 0 Å². The van der Waals surface area contributed by atoms with Crippen LogP contribution in [-0.2, 0) is 16.0 Å². The second kappa shape index (κ2) is 5.43. The average Bonchev–Trinajstić information content (AvgIpc) is 2.51. The lowest BCUT2D eigenvalue weighted by Gasteiger charge is -2.48. The van der Waals surface area contributed by atoms with Gasteiger partial charge in [0.05, 0.1) is 0 Å². The molecule has 0 aromatic heterocycles. The molecular formula is C14H13FN2O5S. The number of aliphatic carboxylic acids is 1. The number of hydrogen-bond acceptors (Lipinski definition) is 6. The minimum Gasteiger partial charge on any atom is -0.504 e. The van der Waals surface area contributed by atoms with Gasteiger partial charge in [-0.1, -0.05) is 0 Å². The number of fused-ring (bicyclic) bond motifs is 1. The molecule has 1 saturated heterocycles. The number of aromatic hydroxyl groups is 2. The molecule has 9 heteroatoms. The zero-order valence-electron chi connectivity index (χ0n) is 11.7. The zero-order valence-corrected chi connectivity index (χ0v) is 12.5. The predicted octanol–water partition coefficient (Wildman–Crippen LogP) is 0.361. The highest BCUT2D eigenvalue weighted by molar-refractivity contribution is 8.00. The van der Waals surface area contributed by atoms with Crippen LogP contribution in [0, 0.1) is 5.82 Å². The first-order chi connectivity index (χ1) is 10.8. The van der Waals surface area contributed by atoms with Crippen LogP contribution in [0.2, 0.25) is 0 Å². The Balaban J connectivity index is 1.99. The average molecular weight is 340 g/mol. The Labute approximate surface area is 134 Å². The molecule has 3 rings (SSSR count). The molecule has 1 aromatic carbocycles. The maximum atomic E-state index is 13.9. The second-order valence-corrected chi connectivity index (χ2v) is 6.41. The van der Waals surface area contributed by atoms with Crippen molar-refractivity contribution in [1.82, 2.24) is 4.90 Å². The van der Waals surface area contributed by atoms with E-state index in [1.807, 2.05) is 0 Å². The maximum Gasteiger partial charge on any atom is 0.352 e. The number of carbonyl (C=O) groups excluding carboxylic acids is 1. The van der Waals surface area contributed by atoms with Gasteiger partial charge in [0.15, 0.2) is 11.5 Å². The molecule has 2 aliphatic rings. The van der Waals surface area contributed by atoms with E-state index in [-0.39, 0.29) is 23.4 Å². The Morgan fingerprint density at radius 2 is 2.04 bits per heavy atom. The predicted molar refractivity (Wildman–Crippen MR) is 79.2 cm³/mol. The van der Waals surface area contributed by atoms with Crippen molar-refractivity contribution in [2.45, 2.75) is 17.8 Å². The molecule has 2 heterocycles. The molecule has 0 aliphatic carbocycles. The molecule has 2 aliphatic heterocycles. The second-order valence-electron chi connectivity index (χ2n) is 5.30. The molecular weight excluding hydrogens is 327 g/mol. The lowest BCUT2D eigenvalue weighted by atomic mass is 9.99. The SMILES string of the molecule is NC1C(=O)N2C(C(=O)O)=C(Cc3cc(O)c(O)cc3F)CS[C@H]12. The van der Waals surface area contributed by atoms with E-state index in [4.69, 9.17) is 5.73 Å². The first-order valence-corrected chi connectivity index (χ1v) is 7.72. The molecule has 0 bridgehead atoms. The van der Waals surface area contributed by atoms with Gasteiger partial charge in [0.25, 0.3) is 0 Å². The van der Waals surface area contributed by atoms with Gasteiger partial charge in [0.2, 0.25) is 5.91 Å². The van der Waals surface area contributed by atoms with Crippen molar-refractivity contribution in [2.24, 2.45) is 5.73 Å². The minimum absolute atomic E-state index is 0.0328. The number of β-lactam (4-membered cyclic amide) rings is 1. The Morgan fingerprint density at radius 1 is 1.39 bits per heavy atom. The topological polar surface area (TPSA) is 124 Å². The van der Waals surface area contributed by atoms with Crippen molar-refractivity contribution < 1.29 is 29.3 Å². The summed E-state index contributed by atoms with van der Waals surface area (Å²) in [5, 5.41) is 27.7. The van der Waals surface area contributed by atoms with E-state index >= 15 is 0 Å². The third kappa shape index (κ3) is 2.41. The van der Waals surface area contributed by atoms with Crippen molar-refractivity contribution in [1.29, 1.82) is 0 Å². The number of phenolic OH excluding ortho intramolecular Hbond substituents is 2. The summed E-state index contributed by atoms with van der Waals surface area (Å²) < 4.78 is 13.9. The largest absolute Gasteiger partial charge is 0.504 e. The molecule has 5 N–H and O–H groups in total. The summed E-state index contributed by atoms with van der Waals surface area (Å²) in [5.41, 5.74) is 5.84. The van der Waals surface area contributed by atoms with Gasteiger partial charge in [0, 0.05) is 11.8 Å². The molecule has 2 atom stereocenters. The van der Waals surface area contributed by atoms with Crippen molar-refractivity contribution in [2.75, 3.05) is 5.75 Å². The number of rotatable bonds is 3. The standard InChI is InChI=1S/C14H13FN2O5S/c15-7-3-9(19)8(18)2-5(7)1-6-4-23-13-10(16)12(20)17(13)11(6)14(21)22/h2-3,10,13,18-19H,1,4,16H2,(H,21,22)/t10?,13-/m1/s1. The Hall–Kier alpha value is -2.26. The quantitative estimate of drug-likeness (QED) is 0.462. The Bertz CT molecular complexity index is 751. The summed E-state index contributed by atoms with van der Waals surface area (Å²) in [6.45, 7) is 0. The van der Waals surface area contributed by atoms with Gasteiger partial charge >= 0.3 is 5.97 Å².